The van der Waals surface area contributed by atoms with E-state index in [9.17, 15) is 4.79 Å². The molecule has 0 spiro atoms. The zero-order valence-electron chi connectivity index (χ0n) is 15.6. The zero-order chi connectivity index (χ0) is 17.6. The fraction of sp³-hybridized carbons (Fsp3) is 0.667. The fourth-order valence-corrected chi connectivity index (χ4v) is 4.10. The molecule has 0 bridgehead atoms. The zero-order valence-corrected chi connectivity index (χ0v) is 15.6. The Morgan fingerprint density at radius 1 is 1.24 bits per heavy atom. The first-order valence-corrected chi connectivity index (χ1v) is 9.85. The van der Waals surface area contributed by atoms with Crippen LogP contribution in [0.15, 0.2) is 24.3 Å². The van der Waals surface area contributed by atoms with Crippen LogP contribution in [0, 0.1) is 11.8 Å². The summed E-state index contributed by atoms with van der Waals surface area (Å²) in [5.41, 5.74) is 2.02. The van der Waals surface area contributed by atoms with Crippen molar-refractivity contribution in [2.75, 3.05) is 11.9 Å². The number of carbonyl (C=O) groups excluding carboxylic acids is 1. The molecule has 3 rings (SSSR count). The summed E-state index contributed by atoms with van der Waals surface area (Å²) in [4.78, 5) is 12.5. The van der Waals surface area contributed by atoms with E-state index in [1.165, 1.54) is 25.7 Å². The Kier molecular flexibility index (Phi) is 6.49. The Bertz CT molecular complexity index is 575. The number of carbonyl (C=O) groups is 1. The summed E-state index contributed by atoms with van der Waals surface area (Å²) in [6, 6.07) is 8.52. The standard InChI is InChI=1S/C21H32N2O2/c1-15-5-3-8-20(11-15)25-14-17-6-4-7-19(13-17)23-21(24)18-9-10-22-16(2)12-18/h4,6-7,13,15-16,18,20,22H,3,5,8-12,14H2,1-2H3,(H,23,24)/t15?,16-,18-,20?/m0/s1. The minimum Gasteiger partial charge on any atom is -0.374 e. The van der Waals surface area contributed by atoms with Crippen molar-refractivity contribution in [1.82, 2.24) is 5.32 Å². The van der Waals surface area contributed by atoms with Crippen LogP contribution in [-0.4, -0.2) is 24.6 Å². The highest BCUT2D eigenvalue weighted by molar-refractivity contribution is 5.92. The Labute approximate surface area is 151 Å². The smallest absolute Gasteiger partial charge is 0.227 e. The average molecular weight is 344 g/mol. The van der Waals surface area contributed by atoms with E-state index in [0.29, 0.717) is 18.8 Å². The number of hydrogen-bond acceptors (Lipinski definition) is 3. The highest BCUT2D eigenvalue weighted by Gasteiger charge is 2.24. The predicted octanol–water partition coefficient (Wildman–Crippen LogP) is 4.11. The van der Waals surface area contributed by atoms with Gasteiger partial charge in [0.25, 0.3) is 0 Å². The molecule has 1 amide bonds. The molecular formula is C21H32N2O2. The summed E-state index contributed by atoms with van der Waals surface area (Å²) in [5.74, 6) is 1.03. The molecule has 4 heteroatoms. The Hall–Kier alpha value is -1.39. The molecule has 25 heavy (non-hydrogen) atoms. The molecule has 2 unspecified atom stereocenters. The number of benzene rings is 1. The molecule has 138 valence electrons. The lowest BCUT2D eigenvalue weighted by Crippen LogP contribution is -2.40. The maximum Gasteiger partial charge on any atom is 0.227 e. The van der Waals surface area contributed by atoms with E-state index >= 15 is 0 Å². The van der Waals surface area contributed by atoms with E-state index in [4.69, 9.17) is 4.74 Å². The van der Waals surface area contributed by atoms with Crippen molar-refractivity contribution < 1.29 is 9.53 Å². The molecule has 1 saturated heterocycles. The quantitative estimate of drug-likeness (QED) is 0.845. The van der Waals surface area contributed by atoms with E-state index in [0.717, 1.165) is 36.6 Å². The second-order valence-electron chi connectivity index (χ2n) is 7.97. The molecule has 1 aliphatic heterocycles. The summed E-state index contributed by atoms with van der Waals surface area (Å²) in [6.07, 6.45) is 7.16. The van der Waals surface area contributed by atoms with Gasteiger partial charge in [-0.25, -0.2) is 0 Å². The van der Waals surface area contributed by atoms with Gasteiger partial charge in [-0.15, -0.1) is 0 Å². The Morgan fingerprint density at radius 3 is 2.92 bits per heavy atom. The van der Waals surface area contributed by atoms with Crippen LogP contribution >= 0.6 is 0 Å². The second-order valence-corrected chi connectivity index (χ2v) is 7.97. The second kappa shape index (κ2) is 8.81. The molecule has 2 N–H and O–H groups in total. The monoisotopic (exact) mass is 344 g/mol. The fourth-order valence-electron chi connectivity index (χ4n) is 4.10. The topological polar surface area (TPSA) is 50.4 Å². The van der Waals surface area contributed by atoms with Gasteiger partial charge in [0, 0.05) is 17.6 Å². The van der Waals surface area contributed by atoms with E-state index in [1.807, 2.05) is 12.1 Å². The average Bonchev–Trinajstić information content (AvgIpc) is 2.60. The lowest BCUT2D eigenvalue weighted by molar-refractivity contribution is -0.120. The van der Waals surface area contributed by atoms with Crippen molar-refractivity contribution in [3.05, 3.63) is 29.8 Å². The van der Waals surface area contributed by atoms with Crippen LogP contribution in [0.2, 0.25) is 0 Å². The number of amides is 1. The minimum absolute atomic E-state index is 0.111. The minimum atomic E-state index is 0.111. The largest absolute Gasteiger partial charge is 0.374 e. The Morgan fingerprint density at radius 2 is 2.12 bits per heavy atom. The van der Waals surface area contributed by atoms with Gasteiger partial charge in [0.15, 0.2) is 0 Å². The first-order valence-electron chi connectivity index (χ1n) is 9.85. The van der Waals surface area contributed by atoms with E-state index < -0.39 is 0 Å². The van der Waals surface area contributed by atoms with Crippen LogP contribution in [0.1, 0.15) is 57.9 Å². The van der Waals surface area contributed by atoms with Crippen LogP contribution in [0.5, 0.6) is 0 Å². The molecule has 0 radical (unpaired) electrons. The lowest BCUT2D eigenvalue weighted by Gasteiger charge is -2.27. The van der Waals surface area contributed by atoms with Crippen molar-refractivity contribution in [1.29, 1.82) is 0 Å². The third-order valence-electron chi connectivity index (χ3n) is 5.56. The van der Waals surface area contributed by atoms with Crippen LogP contribution in [0.4, 0.5) is 5.69 Å². The Balaban J connectivity index is 1.51. The number of rotatable bonds is 5. The summed E-state index contributed by atoms with van der Waals surface area (Å²) >= 11 is 0. The number of hydrogen-bond donors (Lipinski definition) is 2. The van der Waals surface area contributed by atoms with Gasteiger partial charge in [0.1, 0.15) is 0 Å². The van der Waals surface area contributed by atoms with Crippen LogP contribution in [-0.2, 0) is 16.1 Å². The summed E-state index contributed by atoms with van der Waals surface area (Å²) in [7, 11) is 0. The molecule has 1 aliphatic carbocycles. The van der Waals surface area contributed by atoms with Crippen molar-refractivity contribution >= 4 is 11.6 Å². The van der Waals surface area contributed by atoms with Gasteiger partial charge in [0.2, 0.25) is 5.91 Å². The normalized spacial score (nSPS) is 30.0. The van der Waals surface area contributed by atoms with Crippen LogP contribution < -0.4 is 10.6 Å². The van der Waals surface area contributed by atoms with Crippen LogP contribution in [0.3, 0.4) is 0 Å². The maximum absolute atomic E-state index is 12.5. The highest BCUT2D eigenvalue weighted by Crippen LogP contribution is 2.26. The molecule has 1 aromatic rings. The van der Waals surface area contributed by atoms with E-state index in [1.54, 1.807) is 0 Å². The van der Waals surface area contributed by atoms with Crippen molar-refractivity contribution in [2.45, 2.75) is 71.1 Å². The molecule has 1 heterocycles. The highest BCUT2D eigenvalue weighted by atomic mass is 16.5. The van der Waals surface area contributed by atoms with Crippen molar-refractivity contribution in [2.24, 2.45) is 11.8 Å². The summed E-state index contributed by atoms with van der Waals surface area (Å²) in [6.45, 7) is 6.01. The molecule has 4 atom stereocenters. The van der Waals surface area contributed by atoms with Gasteiger partial charge in [-0.1, -0.05) is 31.9 Å². The van der Waals surface area contributed by atoms with Gasteiger partial charge in [-0.05, 0) is 62.8 Å². The summed E-state index contributed by atoms with van der Waals surface area (Å²) in [5, 5.41) is 6.49. The van der Waals surface area contributed by atoms with Gasteiger partial charge >= 0.3 is 0 Å². The maximum atomic E-state index is 12.5. The lowest BCUT2D eigenvalue weighted by atomic mass is 9.89. The number of ether oxygens (including phenoxy) is 1. The number of piperidine rings is 1. The molecule has 0 aromatic heterocycles. The predicted molar refractivity (Wildman–Crippen MR) is 101 cm³/mol. The van der Waals surface area contributed by atoms with Gasteiger partial charge in [-0.2, -0.15) is 0 Å². The first kappa shape index (κ1) is 18.4. The molecular weight excluding hydrogens is 312 g/mol. The van der Waals surface area contributed by atoms with Gasteiger partial charge in [0.05, 0.1) is 12.7 Å². The van der Waals surface area contributed by atoms with Crippen LogP contribution in [0.25, 0.3) is 0 Å². The van der Waals surface area contributed by atoms with E-state index in [-0.39, 0.29) is 11.8 Å². The molecule has 2 fully saturated rings. The molecule has 4 nitrogen and oxygen atoms in total. The first-order chi connectivity index (χ1) is 12.1. The number of anilines is 1. The van der Waals surface area contributed by atoms with Gasteiger partial charge < -0.3 is 15.4 Å². The molecule has 1 aromatic carbocycles. The molecule has 2 aliphatic rings. The molecule has 1 saturated carbocycles. The van der Waals surface area contributed by atoms with Crippen molar-refractivity contribution in [3.63, 3.8) is 0 Å². The number of nitrogens with one attached hydrogen (secondary N) is 2. The summed E-state index contributed by atoms with van der Waals surface area (Å²) < 4.78 is 6.11. The van der Waals surface area contributed by atoms with E-state index in [2.05, 4.69) is 36.6 Å². The third kappa shape index (κ3) is 5.55. The van der Waals surface area contributed by atoms with Crippen molar-refractivity contribution in [3.8, 4) is 0 Å². The van der Waals surface area contributed by atoms with Gasteiger partial charge in [-0.3, -0.25) is 4.79 Å². The SMILES string of the molecule is CC1CCCC(OCc2cccc(NC(=O)[C@H]3CCN[C@@H](C)C3)c2)C1. The third-order valence-corrected chi connectivity index (χ3v) is 5.56.